The Kier molecular flexibility index (Phi) is 6.31. The topological polar surface area (TPSA) is 85.3 Å². The molecule has 142 valence electrons. The zero-order valence-electron chi connectivity index (χ0n) is 15.2. The van der Waals surface area contributed by atoms with E-state index in [9.17, 15) is 8.42 Å². The highest BCUT2D eigenvalue weighted by atomic mass is 32.2. The Bertz CT molecular complexity index is 688. The van der Waals surface area contributed by atoms with Gasteiger partial charge in [0.05, 0.1) is 25.5 Å². The third-order valence-corrected chi connectivity index (χ3v) is 5.35. The molecule has 1 aliphatic heterocycles. The molecule has 0 spiro atoms. The molecule has 0 saturated heterocycles. The van der Waals surface area contributed by atoms with Crippen LogP contribution in [-0.4, -0.2) is 63.2 Å². The fourth-order valence-electron chi connectivity index (χ4n) is 3.04. The second-order valence-corrected chi connectivity index (χ2v) is 8.65. The van der Waals surface area contributed by atoms with Gasteiger partial charge in [0.1, 0.15) is 23.7 Å². The normalized spacial score (nSPS) is 19.4. The van der Waals surface area contributed by atoms with Crippen molar-refractivity contribution in [1.29, 1.82) is 0 Å². The first-order chi connectivity index (χ1) is 11.7. The summed E-state index contributed by atoms with van der Waals surface area (Å²) in [5.41, 5.74) is 0.262. The van der Waals surface area contributed by atoms with Crippen molar-refractivity contribution in [2.75, 3.05) is 39.7 Å². The number of aliphatic hydroxyl groups is 1. The maximum atomic E-state index is 12.4. The van der Waals surface area contributed by atoms with Crippen molar-refractivity contribution in [3.05, 3.63) is 23.8 Å². The molecule has 1 atom stereocenters. The average molecular weight is 373 g/mol. The van der Waals surface area contributed by atoms with E-state index in [0.717, 1.165) is 5.56 Å². The molecule has 1 aromatic carbocycles. The molecule has 0 aromatic heterocycles. The molecular formula is C17H27NO6S. The number of hydrogen-bond donors (Lipinski definition) is 1. The highest BCUT2D eigenvalue weighted by Crippen LogP contribution is 2.44. The summed E-state index contributed by atoms with van der Waals surface area (Å²) in [5.74, 6) is 1.21. The molecule has 1 heterocycles. The van der Waals surface area contributed by atoms with Crippen molar-refractivity contribution >= 4 is 10.0 Å². The summed E-state index contributed by atoms with van der Waals surface area (Å²) in [6.07, 6.45) is 1.72. The summed E-state index contributed by atoms with van der Waals surface area (Å²) in [6, 6.07) is 4.96. The van der Waals surface area contributed by atoms with Gasteiger partial charge in [-0.25, -0.2) is 8.42 Å². The van der Waals surface area contributed by atoms with Crippen LogP contribution in [0.3, 0.4) is 0 Å². The predicted octanol–water partition coefficient (Wildman–Crippen LogP) is 1.57. The van der Waals surface area contributed by atoms with Crippen LogP contribution in [0, 0.1) is 0 Å². The summed E-state index contributed by atoms with van der Waals surface area (Å²) < 4.78 is 42.8. The monoisotopic (exact) mass is 373 g/mol. The molecule has 1 aliphatic rings. The highest BCUT2D eigenvalue weighted by Gasteiger charge is 2.40. The summed E-state index contributed by atoms with van der Waals surface area (Å²) in [5, 5.41) is 8.93. The number of fused-ring (bicyclic) bond motifs is 1. The summed E-state index contributed by atoms with van der Waals surface area (Å²) in [6.45, 7) is 4.53. The van der Waals surface area contributed by atoms with Gasteiger partial charge in [-0.1, -0.05) is 0 Å². The molecule has 1 N–H and O–H groups in total. The highest BCUT2D eigenvalue weighted by molar-refractivity contribution is 7.88. The van der Waals surface area contributed by atoms with Crippen molar-refractivity contribution in [3.63, 3.8) is 0 Å². The molecular weight excluding hydrogens is 346 g/mol. The summed E-state index contributed by atoms with van der Waals surface area (Å²) in [7, 11) is -1.90. The van der Waals surface area contributed by atoms with Gasteiger partial charge in [0, 0.05) is 25.6 Å². The lowest BCUT2D eigenvalue weighted by Crippen LogP contribution is -2.44. The van der Waals surface area contributed by atoms with E-state index < -0.39 is 15.6 Å². The number of nitrogens with zero attached hydrogens (tertiary/aromatic N) is 1. The zero-order valence-corrected chi connectivity index (χ0v) is 16.0. The van der Waals surface area contributed by atoms with Crippen LogP contribution in [0.5, 0.6) is 11.5 Å². The molecule has 0 radical (unpaired) electrons. The molecule has 2 rings (SSSR count). The van der Waals surface area contributed by atoms with Gasteiger partial charge in [-0.15, -0.1) is 0 Å². The van der Waals surface area contributed by atoms with Crippen molar-refractivity contribution in [2.45, 2.75) is 31.9 Å². The van der Waals surface area contributed by atoms with Gasteiger partial charge in [-0.3, -0.25) is 0 Å². The Morgan fingerprint density at radius 2 is 2.08 bits per heavy atom. The minimum Gasteiger partial charge on any atom is -0.491 e. The summed E-state index contributed by atoms with van der Waals surface area (Å²) >= 11 is 0. The smallest absolute Gasteiger partial charge is 0.211 e. The van der Waals surface area contributed by atoms with Crippen LogP contribution in [0.2, 0.25) is 0 Å². The number of aliphatic hydroxyl groups excluding tert-OH is 1. The molecule has 25 heavy (non-hydrogen) atoms. The largest absolute Gasteiger partial charge is 0.491 e. The SMILES string of the molecule is COCCN(C1CC(C)(C)Oc2ccc(OCCO)cc21)S(C)(=O)=O. The van der Waals surface area contributed by atoms with E-state index >= 15 is 0 Å². The standard InChI is InChI=1S/C17H27NO6S/c1-17(2)12-15(18(7-9-22-3)25(4,20)21)14-11-13(23-10-8-19)5-6-16(14)24-17/h5-6,11,15,19H,7-10,12H2,1-4H3. The zero-order chi connectivity index (χ0) is 18.7. The van der Waals surface area contributed by atoms with Crippen LogP contribution in [0.4, 0.5) is 0 Å². The number of hydrogen-bond acceptors (Lipinski definition) is 6. The van der Waals surface area contributed by atoms with Crippen molar-refractivity contribution < 1.29 is 27.7 Å². The average Bonchev–Trinajstić information content (AvgIpc) is 2.51. The van der Waals surface area contributed by atoms with Gasteiger partial charge in [-0.05, 0) is 32.0 Å². The molecule has 8 heteroatoms. The minimum absolute atomic E-state index is 0.0899. The Labute approximate surface area is 149 Å². The number of sulfonamides is 1. The molecule has 7 nitrogen and oxygen atoms in total. The lowest BCUT2D eigenvalue weighted by Gasteiger charge is -2.41. The van der Waals surface area contributed by atoms with Crippen molar-refractivity contribution in [2.24, 2.45) is 0 Å². The van der Waals surface area contributed by atoms with Gasteiger partial charge < -0.3 is 19.3 Å². The lowest BCUT2D eigenvalue weighted by molar-refractivity contribution is 0.0455. The van der Waals surface area contributed by atoms with Gasteiger partial charge in [0.15, 0.2) is 0 Å². The molecule has 0 aliphatic carbocycles. The van der Waals surface area contributed by atoms with E-state index in [0.29, 0.717) is 24.5 Å². The molecule has 0 fully saturated rings. The predicted molar refractivity (Wildman–Crippen MR) is 94.5 cm³/mol. The Hall–Kier alpha value is -1.35. The molecule has 1 unspecified atom stereocenters. The minimum atomic E-state index is -3.44. The number of benzene rings is 1. The van der Waals surface area contributed by atoms with Crippen LogP contribution >= 0.6 is 0 Å². The quantitative estimate of drug-likeness (QED) is 0.744. The third kappa shape index (κ3) is 5.07. The van der Waals surface area contributed by atoms with Crippen LogP contribution in [0.15, 0.2) is 18.2 Å². The number of ether oxygens (including phenoxy) is 3. The Balaban J connectivity index is 2.45. The van der Waals surface area contributed by atoms with E-state index in [1.165, 1.54) is 10.6 Å². The lowest BCUT2D eigenvalue weighted by atomic mass is 9.89. The first kappa shape index (κ1) is 20.0. The van der Waals surface area contributed by atoms with Gasteiger partial charge >= 0.3 is 0 Å². The van der Waals surface area contributed by atoms with E-state index in [4.69, 9.17) is 19.3 Å². The van der Waals surface area contributed by atoms with Gasteiger partial charge in [-0.2, -0.15) is 4.31 Å². The second kappa shape index (κ2) is 7.90. The van der Waals surface area contributed by atoms with E-state index in [-0.39, 0.29) is 25.8 Å². The van der Waals surface area contributed by atoms with Crippen LogP contribution in [0.25, 0.3) is 0 Å². The van der Waals surface area contributed by atoms with E-state index in [1.54, 1.807) is 25.3 Å². The Morgan fingerprint density at radius 3 is 2.68 bits per heavy atom. The van der Waals surface area contributed by atoms with Crippen LogP contribution < -0.4 is 9.47 Å². The first-order valence-electron chi connectivity index (χ1n) is 8.20. The second-order valence-electron chi connectivity index (χ2n) is 6.72. The number of methoxy groups -OCH3 is 1. The van der Waals surface area contributed by atoms with Crippen molar-refractivity contribution in [3.8, 4) is 11.5 Å². The fraction of sp³-hybridized carbons (Fsp3) is 0.647. The fourth-order valence-corrected chi connectivity index (χ4v) is 4.10. The maximum Gasteiger partial charge on any atom is 0.211 e. The first-order valence-corrected chi connectivity index (χ1v) is 10.0. The Morgan fingerprint density at radius 1 is 1.36 bits per heavy atom. The number of rotatable bonds is 8. The molecule has 0 bridgehead atoms. The molecule has 1 aromatic rings. The maximum absolute atomic E-state index is 12.4. The van der Waals surface area contributed by atoms with Crippen LogP contribution in [0.1, 0.15) is 31.9 Å². The van der Waals surface area contributed by atoms with Crippen molar-refractivity contribution in [1.82, 2.24) is 4.31 Å². The van der Waals surface area contributed by atoms with E-state index in [1.807, 2.05) is 13.8 Å². The third-order valence-electron chi connectivity index (χ3n) is 4.06. The van der Waals surface area contributed by atoms with Gasteiger partial charge in [0.25, 0.3) is 0 Å². The molecule has 0 amide bonds. The summed E-state index contributed by atoms with van der Waals surface area (Å²) in [4.78, 5) is 0. The molecule has 0 saturated carbocycles. The van der Waals surface area contributed by atoms with Crippen LogP contribution in [-0.2, 0) is 14.8 Å². The van der Waals surface area contributed by atoms with Gasteiger partial charge in [0.2, 0.25) is 10.0 Å². The van der Waals surface area contributed by atoms with E-state index in [2.05, 4.69) is 0 Å².